The second kappa shape index (κ2) is 22.2. The van der Waals surface area contributed by atoms with Gasteiger partial charge < -0.3 is 5.32 Å². The largest absolute Gasteiger partial charge is 0.356 e. The fraction of sp³-hybridized carbons (Fsp3) is 0.963. The Bertz CT molecular complexity index is 311. The van der Waals surface area contributed by atoms with E-state index < -0.39 is 0 Å². The predicted molar refractivity (Wildman–Crippen MR) is 128 cm³/mol. The Morgan fingerprint density at radius 2 is 0.586 bits per heavy atom. The lowest BCUT2D eigenvalue weighted by Gasteiger charge is -2.06. The van der Waals surface area contributed by atoms with Gasteiger partial charge in [-0.2, -0.15) is 0 Å². The summed E-state index contributed by atoms with van der Waals surface area (Å²) in [4.78, 5) is 11.9. The molecular formula is C27H53NO. The number of hydrogen-bond acceptors (Lipinski definition) is 1. The van der Waals surface area contributed by atoms with E-state index in [1.54, 1.807) is 0 Å². The molecular weight excluding hydrogens is 354 g/mol. The molecule has 1 N–H and O–H groups in total. The maximum absolute atomic E-state index is 11.9. The molecule has 0 unspecified atom stereocenters. The molecule has 0 radical (unpaired) electrons. The molecule has 1 heterocycles. The molecule has 1 amide bonds. The summed E-state index contributed by atoms with van der Waals surface area (Å²) in [6.07, 6.45) is 34.0. The van der Waals surface area contributed by atoms with Crippen molar-refractivity contribution in [3.05, 3.63) is 0 Å². The van der Waals surface area contributed by atoms with E-state index in [1.165, 1.54) is 141 Å². The predicted octanol–water partition coefficient (Wildman–Crippen LogP) is 8.87. The third-order valence-corrected chi connectivity index (χ3v) is 6.65. The van der Waals surface area contributed by atoms with E-state index in [-0.39, 0.29) is 5.91 Å². The van der Waals surface area contributed by atoms with Crippen LogP contribution in [0.3, 0.4) is 0 Å². The average molecular weight is 408 g/mol. The molecule has 0 bridgehead atoms. The zero-order chi connectivity index (χ0) is 20.7. The number of hydrogen-bond donors (Lipinski definition) is 1. The van der Waals surface area contributed by atoms with Gasteiger partial charge in [-0.1, -0.05) is 141 Å². The number of amides is 1. The Balaban J connectivity index is 2.07. The van der Waals surface area contributed by atoms with Crippen LogP contribution >= 0.6 is 0 Å². The van der Waals surface area contributed by atoms with Gasteiger partial charge in [0.15, 0.2) is 0 Å². The van der Waals surface area contributed by atoms with Gasteiger partial charge in [0, 0.05) is 13.0 Å². The van der Waals surface area contributed by atoms with Crippen molar-refractivity contribution >= 4 is 5.91 Å². The summed E-state index contributed by atoms with van der Waals surface area (Å²) in [5.74, 6) is 0.276. The van der Waals surface area contributed by atoms with Crippen LogP contribution in [0.4, 0.5) is 0 Å². The van der Waals surface area contributed by atoms with E-state index in [0.717, 1.165) is 25.8 Å². The van der Waals surface area contributed by atoms with Crippen molar-refractivity contribution in [3.63, 3.8) is 0 Å². The lowest BCUT2D eigenvalue weighted by atomic mass is 10.0. The van der Waals surface area contributed by atoms with Crippen LogP contribution in [0.1, 0.15) is 161 Å². The van der Waals surface area contributed by atoms with Gasteiger partial charge in [0.2, 0.25) is 5.91 Å². The van der Waals surface area contributed by atoms with Crippen molar-refractivity contribution in [2.75, 3.05) is 6.54 Å². The summed E-state index contributed by atoms with van der Waals surface area (Å²) in [5, 5.41) is 3.11. The molecule has 2 heteroatoms. The fourth-order valence-electron chi connectivity index (χ4n) is 4.62. The molecule has 29 heavy (non-hydrogen) atoms. The Morgan fingerprint density at radius 3 is 0.897 bits per heavy atom. The number of carbonyl (C=O) groups is 1. The second-order valence-corrected chi connectivity index (χ2v) is 9.59. The molecule has 0 aliphatic carbocycles. The first-order chi connectivity index (χ1) is 14.4. The van der Waals surface area contributed by atoms with Crippen LogP contribution in [0, 0.1) is 0 Å². The average Bonchev–Trinajstić information content (AvgIpc) is 2.72. The third kappa shape index (κ3) is 20.5. The van der Waals surface area contributed by atoms with Crippen molar-refractivity contribution in [1.29, 1.82) is 0 Å². The Kier molecular flexibility index (Phi) is 20.3. The zero-order valence-electron chi connectivity index (χ0n) is 19.8. The minimum Gasteiger partial charge on any atom is -0.356 e. The van der Waals surface area contributed by atoms with Gasteiger partial charge in [0.1, 0.15) is 0 Å². The summed E-state index contributed by atoms with van der Waals surface area (Å²) >= 11 is 0. The van der Waals surface area contributed by atoms with Crippen LogP contribution in [-0.4, -0.2) is 12.5 Å². The van der Waals surface area contributed by atoms with Crippen molar-refractivity contribution < 1.29 is 4.79 Å². The number of rotatable bonds is 0. The van der Waals surface area contributed by atoms with Crippen molar-refractivity contribution in [2.45, 2.75) is 161 Å². The normalized spacial score (nSPS) is 23.4. The lowest BCUT2D eigenvalue weighted by molar-refractivity contribution is -0.121. The maximum Gasteiger partial charge on any atom is 0.219 e. The lowest BCUT2D eigenvalue weighted by Crippen LogP contribution is -2.23. The Labute approximate surface area is 183 Å². The van der Waals surface area contributed by atoms with Gasteiger partial charge in [-0.3, -0.25) is 4.79 Å². The van der Waals surface area contributed by atoms with Gasteiger partial charge in [0.25, 0.3) is 0 Å². The maximum atomic E-state index is 11.9. The monoisotopic (exact) mass is 407 g/mol. The van der Waals surface area contributed by atoms with Crippen LogP contribution in [0.2, 0.25) is 0 Å². The van der Waals surface area contributed by atoms with E-state index in [9.17, 15) is 4.79 Å². The molecule has 1 saturated heterocycles. The molecule has 2 nitrogen and oxygen atoms in total. The summed E-state index contributed by atoms with van der Waals surface area (Å²) in [7, 11) is 0. The quantitative estimate of drug-likeness (QED) is 0.427. The molecule has 1 rings (SSSR count). The van der Waals surface area contributed by atoms with Crippen LogP contribution in [0.25, 0.3) is 0 Å². The molecule has 0 spiro atoms. The SMILES string of the molecule is O=C1CCCCCCCCCCCCCCCCCCCCCCCCCCN1. The van der Waals surface area contributed by atoms with Gasteiger partial charge in [-0.25, -0.2) is 0 Å². The minimum absolute atomic E-state index is 0.276. The highest BCUT2D eigenvalue weighted by Crippen LogP contribution is 2.15. The van der Waals surface area contributed by atoms with Crippen molar-refractivity contribution in [2.24, 2.45) is 0 Å². The molecule has 0 aromatic rings. The van der Waals surface area contributed by atoms with E-state index in [2.05, 4.69) is 5.32 Å². The molecule has 1 aliphatic heterocycles. The van der Waals surface area contributed by atoms with Crippen LogP contribution in [0.15, 0.2) is 0 Å². The first-order valence-electron chi connectivity index (χ1n) is 13.7. The highest BCUT2D eigenvalue weighted by atomic mass is 16.1. The standard InChI is InChI=1S/C27H53NO/c29-27-25-23-21-19-17-15-13-11-9-7-5-3-1-2-4-6-8-10-12-14-16-18-20-22-24-26-28-27/h1-26H2,(H,28,29). The van der Waals surface area contributed by atoms with Gasteiger partial charge in [0.05, 0.1) is 0 Å². The summed E-state index contributed by atoms with van der Waals surface area (Å²) < 4.78 is 0. The van der Waals surface area contributed by atoms with Crippen molar-refractivity contribution in [3.8, 4) is 0 Å². The molecule has 1 fully saturated rings. The molecule has 1 aliphatic rings. The van der Waals surface area contributed by atoms with E-state index in [1.807, 2.05) is 0 Å². The van der Waals surface area contributed by atoms with E-state index >= 15 is 0 Å². The zero-order valence-corrected chi connectivity index (χ0v) is 19.8. The first-order valence-corrected chi connectivity index (χ1v) is 13.7. The highest BCUT2D eigenvalue weighted by Gasteiger charge is 2.01. The molecule has 0 aromatic heterocycles. The Morgan fingerprint density at radius 1 is 0.345 bits per heavy atom. The van der Waals surface area contributed by atoms with Gasteiger partial charge in [-0.05, 0) is 12.8 Å². The van der Waals surface area contributed by atoms with Crippen LogP contribution in [0.5, 0.6) is 0 Å². The number of nitrogens with one attached hydrogen (secondary N) is 1. The minimum atomic E-state index is 0.276. The van der Waals surface area contributed by atoms with E-state index in [0.29, 0.717) is 0 Å². The summed E-state index contributed by atoms with van der Waals surface area (Å²) in [6.45, 7) is 0.888. The highest BCUT2D eigenvalue weighted by molar-refractivity contribution is 5.75. The van der Waals surface area contributed by atoms with Crippen molar-refractivity contribution in [1.82, 2.24) is 5.32 Å². The fourth-order valence-corrected chi connectivity index (χ4v) is 4.62. The first kappa shape index (κ1) is 26.5. The van der Waals surface area contributed by atoms with Crippen LogP contribution < -0.4 is 5.32 Å². The summed E-state index contributed by atoms with van der Waals surface area (Å²) in [6, 6.07) is 0. The van der Waals surface area contributed by atoms with Gasteiger partial charge >= 0.3 is 0 Å². The molecule has 0 atom stereocenters. The summed E-state index contributed by atoms with van der Waals surface area (Å²) in [5.41, 5.74) is 0. The Hall–Kier alpha value is -0.530. The smallest absolute Gasteiger partial charge is 0.219 e. The van der Waals surface area contributed by atoms with Gasteiger partial charge in [-0.15, -0.1) is 0 Å². The molecule has 0 saturated carbocycles. The second-order valence-electron chi connectivity index (χ2n) is 9.59. The topological polar surface area (TPSA) is 29.1 Å². The van der Waals surface area contributed by atoms with E-state index in [4.69, 9.17) is 0 Å². The number of carbonyl (C=O) groups excluding carboxylic acids is 1. The van der Waals surface area contributed by atoms with Crippen LogP contribution in [-0.2, 0) is 4.79 Å². The molecule has 0 aromatic carbocycles. The molecule has 172 valence electrons. The third-order valence-electron chi connectivity index (χ3n) is 6.65.